The predicted molar refractivity (Wildman–Crippen MR) is 59.5 cm³/mol. The van der Waals surface area contributed by atoms with E-state index >= 15 is 0 Å². The molecule has 17 heavy (non-hydrogen) atoms. The number of rotatable bonds is 6. The van der Waals surface area contributed by atoms with Crippen LogP contribution >= 0.6 is 0 Å². The fourth-order valence-corrected chi connectivity index (χ4v) is 1.74. The number of carbonyl (C=O) groups excluding carboxylic acids is 1. The molecular weight excluding hydrogens is 226 g/mol. The fourth-order valence-electron chi connectivity index (χ4n) is 1.74. The number of aliphatic hydroxyl groups is 1. The van der Waals surface area contributed by atoms with Gasteiger partial charge in [0.2, 0.25) is 5.91 Å². The van der Waals surface area contributed by atoms with Crippen LogP contribution in [0.3, 0.4) is 0 Å². The first-order valence-electron chi connectivity index (χ1n) is 5.87. The zero-order valence-corrected chi connectivity index (χ0v) is 9.72. The Kier molecular flexibility index (Phi) is 5.93. The van der Waals surface area contributed by atoms with Gasteiger partial charge >= 0.3 is 5.97 Å². The van der Waals surface area contributed by atoms with E-state index in [1.165, 1.54) is 0 Å². The van der Waals surface area contributed by atoms with Crippen LogP contribution in [0, 0.1) is 0 Å². The van der Waals surface area contributed by atoms with Gasteiger partial charge in [0.15, 0.2) is 0 Å². The summed E-state index contributed by atoms with van der Waals surface area (Å²) >= 11 is 0. The Morgan fingerprint density at radius 2 is 2.18 bits per heavy atom. The number of hydrogen-bond donors (Lipinski definition) is 3. The third kappa shape index (κ3) is 5.65. The number of ether oxygens (including phenoxy) is 1. The lowest BCUT2D eigenvalue weighted by Crippen LogP contribution is -2.39. The molecule has 1 amide bonds. The van der Waals surface area contributed by atoms with Crippen LogP contribution in [-0.2, 0) is 14.3 Å². The van der Waals surface area contributed by atoms with Gasteiger partial charge in [-0.15, -0.1) is 0 Å². The lowest BCUT2D eigenvalue weighted by atomic mass is 10.0. The largest absolute Gasteiger partial charge is 0.481 e. The average molecular weight is 245 g/mol. The van der Waals surface area contributed by atoms with Crippen molar-refractivity contribution in [3.05, 3.63) is 0 Å². The SMILES string of the molecule is O=C(O)CCCNC(=O)C[C@@H]1OCCC[C@@H]1O. The summed E-state index contributed by atoms with van der Waals surface area (Å²) in [6.07, 6.45) is 1.07. The third-order valence-electron chi connectivity index (χ3n) is 2.68. The van der Waals surface area contributed by atoms with E-state index in [1.54, 1.807) is 0 Å². The Morgan fingerprint density at radius 1 is 1.41 bits per heavy atom. The number of aliphatic carboxylic acids is 1. The van der Waals surface area contributed by atoms with Crippen molar-refractivity contribution < 1.29 is 24.5 Å². The van der Waals surface area contributed by atoms with Crippen molar-refractivity contribution >= 4 is 11.9 Å². The molecule has 0 aliphatic carbocycles. The molecule has 1 aliphatic heterocycles. The van der Waals surface area contributed by atoms with Gasteiger partial charge in [-0.3, -0.25) is 9.59 Å². The minimum atomic E-state index is -0.870. The van der Waals surface area contributed by atoms with E-state index in [4.69, 9.17) is 9.84 Å². The molecule has 3 N–H and O–H groups in total. The number of amides is 1. The van der Waals surface area contributed by atoms with Crippen LogP contribution < -0.4 is 5.32 Å². The number of carbonyl (C=O) groups is 2. The highest BCUT2D eigenvalue weighted by molar-refractivity contribution is 5.76. The molecule has 98 valence electrons. The summed E-state index contributed by atoms with van der Waals surface area (Å²) < 4.78 is 5.30. The second-order valence-corrected chi connectivity index (χ2v) is 4.17. The monoisotopic (exact) mass is 245 g/mol. The Balaban J connectivity index is 2.13. The van der Waals surface area contributed by atoms with Gasteiger partial charge in [-0.1, -0.05) is 0 Å². The van der Waals surface area contributed by atoms with Crippen molar-refractivity contribution in [1.29, 1.82) is 0 Å². The Labute approximate surface area is 100.0 Å². The van der Waals surface area contributed by atoms with Crippen molar-refractivity contribution in [1.82, 2.24) is 5.32 Å². The molecule has 0 unspecified atom stereocenters. The maximum absolute atomic E-state index is 11.5. The fraction of sp³-hybridized carbons (Fsp3) is 0.818. The molecule has 1 aliphatic rings. The lowest BCUT2D eigenvalue weighted by molar-refractivity contribution is -0.137. The molecule has 1 saturated heterocycles. The molecule has 6 heteroatoms. The third-order valence-corrected chi connectivity index (χ3v) is 2.68. The van der Waals surface area contributed by atoms with E-state index in [9.17, 15) is 14.7 Å². The van der Waals surface area contributed by atoms with Crippen LogP contribution in [0.15, 0.2) is 0 Å². The van der Waals surface area contributed by atoms with Gasteiger partial charge in [0.05, 0.1) is 18.6 Å². The maximum Gasteiger partial charge on any atom is 0.303 e. The van der Waals surface area contributed by atoms with Crippen LogP contribution in [0.25, 0.3) is 0 Å². The zero-order valence-electron chi connectivity index (χ0n) is 9.72. The number of nitrogens with one attached hydrogen (secondary N) is 1. The number of carboxylic acids is 1. The van der Waals surface area contributed by atoms with E-state index in [-0.39, 0.29) is 18.7 Å². The Hall–Kier alpha value is -1.14. The number of carboxylic acid groups (broad SMARTS) is 1. The number of hydrogen-bond acceptors (Lipinski definition) is 4. The molecule has 0 saturated carbocycles. The first kappa shape index (κ1) is 13.9. The van der Waals surface area contributed by atoms with Crippen molar-refractivity contribution in [3.8, 4) is 0 Å². The summed E-state index contributed by atoms with van der Waals surface area (Å²) in [5.74, 6) is -1.08. The molecule has 1 rings (SSSR count). The van der Waals surface area contributed by atoms with E-state index < -0.39 is 18.2 Å². The van der Waals surface area contributed by atoms with Gasteiger partial charge in [-0.05, 0) is 19.3 Å². The minimum absolute atomic E-state index is 0.0445. The standard InChI is InChI=1S/C11H19NO5/c13-8-3-2-6-17-9(8)7-10(14)12-5-1-4-11(15)16/h8-9,13H,1-7H2,(H,12,14)(H,15,16)/t8-,9-/m0/s1. The van der Waals surface area contributed by atoms with Crippen molar-refractivity contribution in [2.24, 2.45) is 0 Å². The first-order valence-corrected chi connectivity index (χ1v) is 5.87. The van der Waals surface area contributed by atoms with E-state index in [0.717, 1.165) is 6.42 Å². The Morgan fingerprint density at radius 3 is 2.82 bits per heavy atom. The molecule has 1 heterocycles. The topological polar surface area (TPSA) is 95.9 Å². The molecule has 0 bridgehead atoms. The predicted octanol–water partition coefficient (Wildman–Crippen LogP) is -0.103. The second kappa shape index (κ2) is 7.24. The average Bonchev–Trinajstić information content (AvgIpc) is 2.27. The van der Waals surface area contributed by atoms with Gasteiger partial charge in [-0.25, -0.2) is 0 Å². The van der Waals surface area contributed by atoms with Crippen LogP contribution in [0.4, 0.5) is 0 Å². The van der Waals surface area contributed by atoms with E-state index in [0.29, 0.717) is 26.0 Å². The highest BCUT2D eigenvalue weighted by Gasteiger charge is 2.25. The summed E-state index contributed by atoms with van der Waals surface area (Å²) in [5.41, 5.74) is 0. The summed E-state index contributed by atoms with van der Waals surface area (Å²) in [7, 11) is 0. The summed E-state index contributed by atoms with van der Waals surface area (Å²) in [6, 6.07) is 0. The quantitative estimate of drug-likeness (QED) is 0.568. The van der Waals surface area contributed by atoms with E-state index in [2.05, 4.69) is 5.32 Å². The molecular formula is C11H19NO5. The summed E-state index contributed by atoms with van der Waals surface area (Å²) in [5, 5.41) is 20.6. The van der Waals surface area contributed by atoms with Gasteiger partial charge in [0, 0.05) is 19.6 Å². The first-order chi connectivity index (χ1) is 8.09. The molecule has 0 spiro atoms. The number of aliphatic hydroxyl groups excluding tert-OH is 1. The lowest BCUT2D eigenvalue weighted by Gasteiger charge is -2.27. The maximum atomic E-state index is 11.5. The zero-order chi connectivity index (χ0) is 12.7. The van der Waals surface area contributed by atoms with Crippen LogP contribution in [0.2, 0.25) is 0 Å². The van der Waals surface area contributed by atoms with Crippen molar-refractivity contribution in [2.75, 3.05) is 13.2 Å². The van der Waals surface area contributed by atoms with Gasteiger partial charge in [0.25, 0.3) is 0 Å². The van der Waals surface area contributed by atoms with Gasteiger partial charge < -0.3 is 20.3 Å². The molecule has 0 aromatic rings. The second-order valence-electron chi connectivity index (χ2n) is 4.17. The summed E-state index contributed by atoms with van der Waals surface area (Å²) in [4.78, 5) is 21.7. The Bertz CT molecular complexity index is 269. The molecule has 0 radical (unpaired) electrons. The molecule has 0 aromatic heterocycles. The highest BCUT2D eigenvalue weighted by atomic mass is 16.5. The summed E-state index contributed by atoms with van der Waals surface area (Å²) in [6.45, 7) is 0.919. The normalized spacial score (nSPS) is 24.3. The minimum Gasteiger partial charge on any atom is -0.481 e. The smallest absolute Gasteiger partial charge is 0.303 e. The van der Waals surface area contributed by atoms with Crippen LogP contribution in [0.1, 0.15) is 32.1 Å². The highest BCUT2D eigenvalue weighted by Crippen LogP contribution is 2.16. The van der Waals surface area contributed by atoms with Crippen LogP contribution in [0.5, 0.6) is 0 Å². The molecule has 6 nitrogen and oxygen atoms in total. The van der Waals surface area contributed by atoms with Crippen molar-refractivity contribution in [3.63, 3.8) is 0 Å². The van der Waals surface area contributed by atoms with Gasteiger partial charge in [0.1, 0.15) is 0 Å². The molecule has 2 atom stereocenters. The van der Waals surface area contributed by atoms with Crippen LogP contribution in [-0.4, -0.2) is 47.4 Å². The van der Waals surface area contributed by atoms with E-state index in [1.807, 2.05) is 0 Å². The molecule has 0 aromatic carbocycles. The molecule has 1 fully saturated rings. The van der Waals surface area contributed by atoms with Gasteiger partial charge in [-0.2, -0.15) is 0 Å². The van der Waals surface area contributed by atoms with Crippen molar-refractivity contribution in [2.45, 2.75) is 44.3 Å².